The van der Waals surface area contributed by atoms with Gasteiger partial charge in [-0.15, -0.1) is 0 Å². The molecule has 0 radical (unpaired) electrons. The SMILES string of the molecule is CC(C)(C)OCCNC(=O)C(F)(F)F.CCC. The fourth-order valence-corrected chi connectivity index (χ4v) is 0.622. The summed E-state index contributed by atoms with van der Waals surface area (Å²) in [4.78, 5) is 10.3. The van der Waals surface area contributed by atoms with E-state index in [1.54, 1.807) is 26.1 Å². The van der Waals surface area contributed by atoms with Crippen LogP contribution in [0.25, 0.3) is 0 Å². The molecule has 0 saturated heterocycles. The van der Waals surface area contributed by atoms with E-state index in [4.69, 9.17) is 4.74 Å². The standard InChI is InChI=1S/C8H14F3NO2.C3H8/c1-7(2,3)14-5-4-12-6(13)8(9,10)11;1-3-2/h4-5H2,1-3H3,(H,12,13);3H2,1-2H3. The van der Waals surface area contributed by atoms with Crippen LogP contribution in [0, 0.1) is 0 Å². The van der Waals surface area contributed by atoms with Crippen LogP contribution < -0.4 is 5.32 Å². The van der Waals surface area contributed by atoms with Gasteiger partial charge in [-0.3, -0.25) is 4.79 Å². The van der Waals surface area contributed by atoms with E-state index in [-0.39, 0.29) is 13.2 Å². The molecule has 0 aromatic carbocycles. The maximum atomic E-state index is 11.7. The molecule has 0 aromatic rings. The average Bonchev–Trinajstić information content (AvgIpc) is 2.10. The number of hydrogen-bond acceptors (Lipinski definition) is 2. The van der Waals surface area contributed by atoms with E-state index < -0.39 is 17.7 Å². The van der Waals surface area contributed by atoms with E-state index in [0.29, 0.717) is 0 Å². The molecule has 1 amide bonds. The minimum Gasteiger partial charge on any atom is -0.374 e. The molecule has 6 heteroatoms. The smallest absolute Gasteiger partial charge is 0.374 e. The van der Waals surface area contributed by atoms with Crippen molar-refractivity contribution in [2.75, 3.05) is 13.2 Å². The predicted molar refractivity (Wildman–Crippen MR) is 60.7 cm³/mol. The van der Waals surface area contributed by atoms with Crippen LogP contribution in [0.15, 0.2) is 0 Å². The molecule has 3 nitrogen and oxygen atoms in total. The van der Waals surface area contributed by atoms with Crippen molar-refractivity contribution in [3.8, 4) is 0 Å². The Kier molecular flexibility index (Phi) is 9.11. The molecule has 0 aliphatic carbocycles. The second-order valence-corrected chi connectivity index (χ2v) is 4.42. The van der Waals surface area contributed by atoms with Crippen LogP contribution in [0.1, 0.15) is 41.0 Å². The maximum absolute atomic E-state index is 11.7. The number of carbonyl (C=O) groups is 1. The van der Waals surface area contributed by atoms with Crippen LogP contribution in [0.3, 0.4) is 0 Å². The Labute approximate surface area is 101 Å². The molecule has 0 aromatic heterocycles. The van der Waals surface area contributed by atoms with Crippen molar-refractivity contribution in [1.29, 1.82) is 0 Å². The monoisotopic (exact) mass is 257 g/mol. The number of rotatable bonds is 3. The lowest BCUT2D eigenvalue weighted by atomic mass is 10.2. The average molecular weight is 257 g/mol. The Hall–Kier alpha value is -0.780. The molecule has 0 rings (SSSR count). The lowest BCUT2D eigenvalue weighted by Gasteiger charge is -2.19. The zero-order valence-corrected chi connectivity index (χ0v) is 11.1. The lowest BCUT2D eigenvalue weighted by molar-refractivity contribution is -0.173. The van der Waals surface area contributed by atoms with Crippen LogP contribution >= 0.6 is 0 Å². The molecule has 0 aliphatic heterocycles. The third-order valence-corrected chi connectivity index (χ3v) is 1.18. The van der Waals surface area contributed by atoms with Crippen LogP contribution in [-0.4, -0.2) is 30.8 Å². The van der Waals surface area contributed by atoms with Gasteiger partial charge in [-0.1, -0.05) is 20.3 Å². The minimum absolute atomic E-state index is 0.0608. The van der Waals surface area contributed by atoms with Crippen LogP contribution in [0.4, 0.5) is 13.2 Å². The molecular weight excluding hydrogens is 235 g/mol. The highest BCUT2D eigenvalue weighted by Crippen LogP contribution is 2.13. The Morgan fingerprint density at radius 3 is 1.88 bits per heavy atom. The molecule has 0 heterocycles. The largest absolute Gasteiger partial charge is 0.471 e. The molecule has 0 spiro atoms. The highest BCUT2D eigenvalue weighted by Gasteiger charge is 2.38. The molecular formula is C11H22F3NO2. The quantitative estimate of drug-likeness (QED) is 0.789. The number of halogens is 3. The maximum Gasteiger partial charge on any atom is 0.471 e. The van der Waals surface area contributed by atoms with Crippen molar-refractivity contribution in [2.45, 2.75) is 52.8 Å². The molecule has 0 bridgehead atoms. The first-order valence-electron chi connectivity index (χ1n) is 5.53. The number of alkyl halides is 3. The van der Waals surface area contributed by atoms with Crippen molar-refractivity contribution in [1.82, 2.24) is 5.32 Å². The van der Waals surface area contributed by atoms with E-state index in [0.717, 1.165) is 0 Å². The first kappa shape index (κ1) is 18.6. The number of amides is 1. The summed E-state index contributed by atoms with van der Waals surface area (Å²) < 4.78 is 40.1. The summed E-state index contributed by atoms with van der Waals surface area (Å²) in [5.41, 5.74) is -0.414. The van der Waals surface area contributed by atoms with E-state index in [1.165, 1.54) is 6.42 Å². The summed E-state index contributed by atoms with van der Waals surface area (Å²) in [6.07, 6.45) is -3.57. The Balaban J connectivity index is 0. The molecule has 0 saturated carbocycles. The molecule has 0 unspecified atom stereocenters. The van der Waals surface area contributed by atoms with Crippen LogP contribution in [0.5, 0.6) is 0 Å². The van der Waals surface area contributed by atoms with E-state index in [2.05, 4.69) is 13.8 Å². The van der Waals surface area contributed by atoms with Crippen molar-refractivity contribution >= 4 is 5.91 Å². The topological polar surface area (TPSA) is 38.3 Å². The van der Waals surface area contributed by atoms with Gasteiger partial charge in [0.25, 0.3) is 0 Å². The van der Waals surface area contributed by atoms with Gasteiger partial charge in [-0.25, -0.2) is 0 Å². The summed E-state index contributed by atoms with van der Waals surface area (Å²) in [6.45, 7) is 9.50. The zero-order chi connectivity index (χ0) is 14.1. The molecule has 1 N–H and O–H groups in total. The van der Waals surface area contributed by atoms with Gasteiger partial charge in [0.15, 0.2) is 0 Å². The van der Waals surface area contributed by atoms with Gasteiger partial charge in [-0.2, -0.15) is 13.2 Å². The second kappa shape index (κ2) is 8.33. The Morgan fingerprint density at radius 2 is 1.59 bits per heavy atom. The number of hydrogen-bond donors (Lipinski definition) is 1. The van der Waals surface area contributed by atoms with Crippen molar-refractivity contribution in [3.63, 3.8) is 0 Å². The minimum atomic E-state index is -4.82. The van der Waals surface area contributed by atoms with Gasteiger partial charge in [0, 0.05) is 6.54 Å². The molecule has 17 heavy (non-hydrogen) atoms. The summed E-state index contributed by atoms with van der Waals surface area (Å²) in [5, 5.41) is 1.71. The van der Waals surface area contributed by atoms with Gasteiger partial charge >= 0.3 is 12.1 Å². The number of ether oxygens (including phenoxy) is 1. The first-order valence-corrected chi connectivity index (χ1v) is 5.53. The molecule has 0 fully saturated rings. The lowest BCUT2D eigenvalue weighted by Crippen LogP contribution is -2.39. The fraction of sp³-hybridized carbons (Fsp3) is 0.909. The van der Waals surface area contributed by atoms with Crippen molar-refractivity contribution in [3.05, 3.63) is 0 Å². The highest BCUT2D eigenvalue weighted by atomic mass is 19.4. The van der Waals surface area contributed by atoms with Gasteiger partial charge in [-0.05, 0) is 20.8 Å². The normalized spacial score (nSPS) is 11.5. The summed E-state index contributed by atoms with van der Waals surface area (Å²) in [5.74, 6) is -1.94. The third kappa shape index (κ3) is 15.2. The summed E-state index contributed by atoms with van der Waals surface area (Å²) in [7, 11) is 0. The van der Waals surface area contributed by atoms with Crippen LogP contribution in [0.2, 0.25) is 0 Å². The van der Waals surface area contributed by atoms with E-state index in [9.17, 15) is 18.0 Å². The number of nitrogens with one attached hydrogen (secondary N) is 1. The zero-order valence-electron chi connectivity index (χ0n) is 11.1. The number of carbonyl (C=O) groups excluding carboxylic acids is 1. The van der Waals surface area contributed by atoms with Gasteiger partial charge in [0.2, 0.25) is 0 Å². The van der Waals surface area contributed by atoms with Crippen molar-refractivity contribution < 1.29 is 22.7 Å². The Bertz CT molecular complexity index is 210. The summed E-state index contributed by atoms with van der Waals surface area (Å²) >= 11 is 0. The van der Waals surface area contributed by atoms with Gasteiger partial charge < -0.3 is 10.1 Å². The van der Waals surface area contributed by atoms with E-state index in [1.807, 2.05) is 0 Å². The third-order valence-electron chi connectivity index (χ3n) is 1.18. The first-order chi connectivity index (χ1) is 7.54. The van der Waals surface area contributed by atoms with Gasteiger partial charge in [0.05, 0.1) is 12.2 Å². The molecule has 0 aliphatic rings. The predicted octanol–water partition coefficient (Wildman–Crippen LogP) is 2.90. The molecule has 0 atom stereocenters. The van der Waals surface area contributed by atoms with E-state index >= 15 is 0 Å². The Morgan fingerprint density at radius 1 is 1.18 bits per heavy atom. The van der Waals surface area contributed by atoms with Gasteiger partial charge in [0.1, 0.15) is 0 Å². The summed E-state index contributed by atoms with van der Waals surface area (Å²) in [6, 6.07) is 0. The fourth-order valence-electron chi connectivity index (χ4n) is 0.622. The highest BCUT2D eigenvalue weighted by molar-refractivity contribution is 5.81. The van der Waals surface area contributed by atoms with Crippen molar-refractivity contribution in [2.24, 2.45) is 0 Å². The molecule has 104 valence electrons. The second-order valence-electron chi connectivity index (χ2n) is 4.42. The van der Waals surface area contributed by atoms with Crippen LogP contribution in [-0.2, 0) is 9.53 Å².